The molecule has 21 heavy (non-hydrogen) atoms. The summed E-state index contributed by atoms with van der Waals surface area (Å²) >= 11 is 0. The summed E-state index contributed by atoms with van der Waals surface area (Å²) in [6.45, 7) is 5.27. The molecule has 2 atom stereocenters. The molecule has 1 saturated heterocycles. The van der Waals surface area contributed by atoms with Gasteiger partial charge >= 0.3 is 0 Å². The lowest BCUT2D eigenvalue weighted by molar-refractivity contribution is 0.181. The summed E-state index contributed by atoms with van der Waals surface area (Å²) in [5, 5.41) is 3.80. The van der Waals surface area contributed by atoms with Gasteiger partial charge in [-0.3, -0.25) is 0 Å². The maximum absolute atomic E-state index is 5.58. The van der Waals surface area contributed by atoms with Gasteiger partial charge in [0.2, 0.25) is 0 Å². The SMILES string of the molecule is CCCNC(CC1CCOC1)c1ccccc1C1CCC1. The van der Waals surface area contributed by atoms with Crippen molar-refractivity contribution in [2.45, 2.75) is 57.4 Å². The van der Waals surface area contributed by atoms with Crippen LogP contribution in [-0.2, 0) is 4.74 Å². The monoisotopic (exact) mass is 287 g/mol. The zero-order valence-electron chi connectivity index (χ0n) is 13.3. The van der Waals surface area contributed by atoms with Gasteiger partial charge in [-0.2, -0.15) is 0 Å². The van der Waals surface area contributed by atoms with E-state index in [1.54, 1.807) is 11.1 Å². The molecule has 1 aliphatic carbocycles. The van der Waals surface area contributed by atoms with Crippen molar-refractivity contribution in [2.75, 3.05) is 19.8 Å². The number of hydrogen-bond donors (Lipinski definition) is 1. The third-order valence-corrected chi connectivity index (χ3v) is 5.15. The highest BCUT2D eigenvalue weighted by Gasteiger charge is 2.27. The molecule has 3 rings (SSSR count). The van der Waals surface area contributed by atoms with Crippen molar-refractivity contribution in [3.05, 3.63) is 35.4 Å². The zero-order valence-corrected chi connectivity index (χ0v) is 13.3. The van der Waals surface area contributed by atoms with Gasteiger partial charge in [-0.05, 0) is 61.6 Å². The third-order valence-electron chi connectivity index (χ3n) is 5.15. The van der Waals surface area contributed by atoms with E-state index < -0.39 is 0 Å². The number of benzene rings is 1. The van der Waals surface area contributed by atoms with Crippen LogP contribution in [0.15, 0.2) is 24.3 Å². The smallest absolute Gasteiger partial charge is 0.0495 e. The normalized spacial score (nSPS) is 24.0. The maximum Gasteiger partial charge on any atom is 0.0495 e. The fraction of sp³-hybridized carbons (Fsp3) is 0.684. The molecule has 1 aromatic rings. The van der Waals surface area contributed by atoms with E-state index in [0.717, 1.165) is 31.6 Å². The van der Waals surface area contributed by atoms with Gasteiger partial charge in [-0.15, -0.1) is 0 Å². The molecule has 0 amide bonds. The molecular weight excluding hydrogens is 258 g/mol. The van der Waals surface area contributed by atoms with Crippen molar-refractivity contribution in [3.8, 4) is 0 Å². The number of ether oxygens (including phenoxy) is 1. The molecule has 1 aliphatic heterocycles. The quantitative estimate of drug-likeness (QED) is 0.801. The number of hydrogen-bond acceptors (Lipinski definition) is 2. The number of rotatable bonds is 7. The van der Waals surface area contributed by atoms with Crippen LogP contribution >= 0.6 is 0 Å². The summed E-state index contributed by atoms with van der Waals surface area (Å²) in [6.07, 6.45) is 7.82. The van der Waals surface area contributed by atoms with Gasteiger partial charge in [0, 0.05) is 19.3 Å². The second-order valence-corrected chi connectivity index (χ2v) is 6.73. The first-order chi connectivity index (χ1) is 10.4. The van der Waals surface area contributed by atoms with Crippen LogP contribution < -0.4 is 5.32 Å². The Balaban J connectivity index is 1.77. The van der Waals surface area contributed by atoms with Gasteiger partial charge in [-0.25, -0.2) is 0 Å². The van der Waals surface area contributed by atoms with Crippen LogP contribution in [0.5, 0.6) is 0 Å². The highest BCUT2D eigenvalue weighted by molar-refractivity contribution is 5.34. The molecule has 1 aromatic carbocycles. The van der Waals surface area contributed by atoms with Crippen molar-refractivity contribution in [1.29, 1.82) is 0 Å². The molecule has 2 heteroatoms. The Morgan fingerprint density at radius 3 is 2.76 bits per heavy atom. The van der Waals surface area contributed by atoms with Crippen LogP contribution in [0.1, 0.15) is 68.5 Å². The van der Waals surface area contributed by atoms with Gasteiger partial charge in [0.05, 0.1) is 0 Å². The highest BCUT2D eigenvalue weighted by Crippen LogP contribution is 2.40. The summed E-state index contributed by atoms with van der Waals surface area (Å²) in [6, 6.07) is 9.66. The first-order valence-corrected chi connectivity index (χ1v) is 8.78. The summed E-state index contributed by atoms with van der Waals surface area (Å²) in [7, 11) is 0. The second kappa shape index (κ2) is 7.42. The minimum atomic E-state index is 0.508. The van der Waals surface area contributed by atoms with Gasteiger partial charge in [0.25, 0.3) is 0 Å². The lowest BCUT2D eigenvalue weighted by Gasteiger charge is -2.31. The third kappa shape index (κ3) is 3.67. The molecule has 0 aromatic heterocycles. The van der Waals surface area contributed by atoms with Crippen molar-refractivity contribution >= 4 is 0 Å². The molecule has 2 nitrogen and oxygen atoms in total. The molecule has 2 unspecified atom stereocenters. The van der Waals surface area contributed by atoms with Crippen LogP contribution in [0.25, 0.3) is 0 Å². The van der Waals surface area contributed by atoms with Crippen molar-refractivity contribution < 1.29 is 4.74 Å². The van der Waals surface area contributed by atoms with E-state index in [1.165, 1.54) is 38.5 Å². The predicted octanol–water partition coefficient (Wildman–Crippen LogP) is 4.42. The fourth-order valence-corrected chi connectivity index (χ4v) is 3.66. The Kier molecular flexibility index (Phi) is 5.32. The predicted molar refractivity (Wildman–Crippen MR) is 87.6 cm³/mol. The average Bonchev–Trinajstić information content (AvgIpc) is 2.95. The van der Waals surface area contributed by atoms with E-state index in [2.05, 4.69) is 36.5 Å². The van der Waals surface area contributed by atoms with Crippen LogP contribution in [-0.4, -0.2) is 19.8 Å². The lowest BCUT2D eigenvalue weighted by atomic mass is 9.76. The van der Waals surface area contributed by atoms with E-state index >= 15 is 0 Å². The molecule has 2 aliphatic rings. The van der Waals surface area contributed by atoms with E-state index in [9.17, 15) is 0 Å². The van der Waals surface area contributed by atoms with E-state index in [1.807, 2.05) is 0 Å². The molecule has 1 N–H and O–H groups in total. The van der Waals surface area contributed by atoms with E-state index in [-0.39, 0.29) is 0 Å². The summed E-state index contributed by atoms with van der Waals surface area (Å²) in [5.74, 6) is 1.54. The molecule has 1 saturated carbocycles. The van der Waals surface area contributed by atoms with Gasteiger partial charge in [0.15, 0.2) is 0 Å². The largest absolute Gasteiger partial charge is 0.381 e. The number of nitrogens with one attached hydrogen (secondary N) is 1. The van der Waals surface area contributed by atoms with Crippen molar-refractivity contribution in [3.63, 3.8) is 0 Å². The van der Waals surface area contributed by atoms with Crippen LogP contribution in [0.3, 0.4) is 0 Å². The Hall–Kier alpha value is -0.860. The lowest BCUT2D eigenvalue weighted by Crippen LogP contribution is -2.27. The summed E-state index contributed by atoms with van der Waals surface area (Å²) in [4.78, 5) is 0. The highest BCUT2D eigenvalue weighted by atomic mass is 16.5. The molecule has 0 bridgehead atoms. The Labute approximate surface area is 129 Å². The van der Waals surface area contributed by atoms with E-state index in [0.29, 0.717) is 6.04 Å². The molecule has 0 spiro atoms. The summed E-state index contributed by atoms with van der Waals surface area (Å²) in [5.41, 5.74) is 3.17. The zero-order chi connectivity index (χ0) is 14.5. The topological polar surface area (TPSA) is 21.3 Å². The molecular formula is C19H29NO. The van der Waals surface area contributed by atoms with Gasteiger partial charge in [0.1, 0.15) is 0 Å². The minimum Gasteiger partial charge on any atom is -0.381 e. The van der Waals surface area contributed by atoms with Crippen LogP contribution in [0.2, 0.25) is 0 Å². The Morgan fingerprint density at radius 1 is 1.24 bits per heavy atom. The Bertz CT molecular complexity index is 435. The standard InChI is InChI=1S/C19H29NO/c1-2-11-20-19(13-15-10-12-21-14-15)18-9-4-3-8-17(18)16-6-5-7-16/h3-4,8-9,15-16,19-20H,2,5-7,10-14H2,1H3. The fourth-order valence-electron chi connectivity index (χ4n) is 3.66. The summed E-state index contributed by atoms with van der Waals surface area (Å²) < 4.78 is 5.58. The second-order valence-electron chi connectivity index (χ2n) is 6.73. The van der Waals surface area contributed by atoms with Crippen molar-refractivity contribution in [1.82, 2.24) is 5.32 Å². The van der Waals surface area contributed by atoms with Crippen LogP contribution in [0.4, 0.5) is 0 Å². The maximum atomic E-state index is 5.58. The average molecular weight is 287 g/mol. The molecule has 2 fully saturated rings. The van der Waals surface area contributed by atoms with Gasteiger partial charge < -0.3 is 10.1 Å². The molecule has 0 radical (unpaired) electrons. The Morgan fingerprint density at radius 2 is 2.10 bits per heavy atom. The molecule has 116 valence electrons. The first-order valence-electron chi connectivity index (χ1n) is 8.78. The van der Waals surface area contributed by atoms with E-state index in [4.69, 9.17) is 4.74 Å². The first kappa shape index (κ1) is 15.1. The van der Waals surface area contributed by atoms with Gasteiger partial charge in [-0.1, -0.05) is 37.6 Å². The minimum absolute atomic E-state index is 0.508. The van der Waals surface area contributed by atoms with Crippen molar-refractivity contribution in [2.24, 2.45) is 5.92 Å². The molecule has 1 heterocycles. The van der Waals surface area contributed by atoms with Crippen LogP contribution in [0, 0.1) is 5.92 Å².